The first-order valence-corrected chi connectivity index (χ1v) is 10.7. The lowest BCUT2D eigenvalue weighted by Crippen LogP contribution is -2.53. The number of likely N-dealkylation sites (tertiary alicyclic amines) is 1. The van der Waals surface area contributed by atoms with Gasteiger partial charge in [0, 0.05) is 19.1 Å². The van der Waals surface area contributed by atoms with Gasteiger partial charge in [0.2, 0.25) is 0 Å². The van der Waals surface area contributed by atoms with E-state index in [9.17, 15) is 9.59 Å². The van der Waals surface area contributed by atoms with Gasteiger partial charge in [0.25, 0.3) is 0 Å². The number of hydrogen-bond donors (Lipinski definition) is 2. The van der Waals surface area contributed by atoms with E-state index in [0.29, 0.717) is 0 Å². The third kappa shape index (κ3) is 7.95. The SMILES string of the molecule is COC(=O)[C@@H](CNC(=O)OC(C)(C)C)NC1CCN(Cc2ccc(C)c(C)c2)CC1. The smallest absolute Gasteiger partial charge is 0.407 e. The van der Waals surface area contributed by atoms with Crippen LogP contribution in [0, 0.1) is 13.8 Å². The number of nitrogens with zero attached hydrogens (tertiary/aromatic N) is 1. The van der Waals surface area contributed by atoms with Crippen molar-refractivity contribution >= 4 is 12.1 Å². The van der Waals surface area contributed by atoms with E-state index >= 15 is 0 Å². The van der Waals surface area contributed by atoms with Gasteiger partial charge >= 0.3 is 12.1 Å². The van der Waals surface area contributed by atoms with Crippen molar-refractivity contribution in [1.29, 1.82) is 0 Å². The molecular formula is C23H37N3O4. The summed E-state index contributed by atoms with van der Waals surface area (Å²) >= 11 is 0. The van der Waals surface area contributed by atoms with Crippen LogP contribution in [-0.2, 0) is 20.8 Å². The average molecular weight is 420 g/mol. The van der Waals surface area contributed by atoms with Crippen molar-refractivity contribution in [1.82, 2.24) is 15.5 Å². The summed E-state index contributed by atoms with van der Waals surface area (Å²) in [6, 6.07) is 6.24. The van der Waals surface area contributed by atoms with Crippen LogP contribution < -0.4 is 10.6 Å². The highest BCUT2D eigenvalue weighted by Gasteiger charge is 2.27. The summed E-state index contributed by atoms with van der Waals surface area (Å²) < 4.78 is 10.1. The minimum Gasteiger partial charge on any atom is -0.468 e. The molecule has 0 unspecified atom stereocenters. The van der Waals surface area contributed by atoms with E-state index in [1.165, 1.54) is 23.8 Å². The van der Waals surface area contributed by atoms with Crippen LogP contribution in [0.5, 0.6) is 0 Å². The largest absolute Gasteiger partial charge is 0.468 e. The van der Waals surface area contributed by atoms with E-state index in [0.717, 1.165) is 32.5 Å². The summed E-state index contributed by atoms with van der Waals surface area (Å²) in [5.41, 5.74) is 3.39. The number of piperidine rings is 1. The maximum absolute atomic E-state index is 12.2. The van der Waals surface area contributed by atoms with Crippen molar-refractivity contribution in [3.63, 3.8) is 0 Å². The predicted molar refractivity (Wildman–Crippen MR) is 117 cm³/mol. The van der Waals surface area contributed by atoms with Gasteiger partial charge in [-0.05, 0) is 77.2 Å². The van der Waals surface area contributed by atoms with Crippen molar-refractivity contribution in [3.05, 3.63) is 34.9 Å². The van der Waals surface area contributed by atoms with E-state index in [2.05, 4.69) is 47.6 Å². The molecule has 0 radical (unpaired) electrons. The van der Waals surface area contributed by atoms with Crippen molar-refractivity contribution in [3.8, 4) is 0 Å². The number of hydrogen-bond acceptors (Lipinski definition) is 6. The molecule has 2 rings (SSSR count). The summed E-state index contributed by atoms with van der Waals surface area (Å²) in [6.45, 7) is 12.7. The van der Waals surface area contributed by atoms with Crippen molar-refractivity contribution in [2.45, 2.75) is 71.7 Å². The molecule has 1 aliphatic heterocycles. The molecule has 2 N–H and O–H groups in total. The highest BCUT2D eigenvalue weighted by atomic mass is 16.6. The number of rotatable bonds is 7. The Hall–Kier alpha value is -2.12. The molecule has 1 saturated heterocycles. The predicted octanol–water partition coefficient (Wildman–Crippen LogP) is 2.92. The molecule has 1 aliphatic rings. The molecule has 0 bridgehead atoms. The quantitative estimate of drug-likeness (QED) is 0.662. The summed E-state index contributed by atoms with van der Waals surface area (Å²) in [4.78, 5) is 26.5. The van der Waals surface area contributed by atoms with Gasteiger partial charge in [-0.15, -0.1) is 0 Å². The standard InChI is InChI=1S/C23H37N3O4/c1-16-7-8-18(13-17(16)2)15-26-11-9-19(10-12-26)25-20(21(27)29-6)14-24-22(28)30-23(3,4)5/h7-8,13,19-20,25H,9-12,14-15H2,1-6H3,(H,24,28)/t20-/m1/s1. The Morgan fingerprint density at radius 3 is 2.40 bits per heavy atom. The zero-order valence-electron chi connectivity index (χ0n) is 19.2. The van der Waals surface area contributed by atoms with Crippen molar-refractivity contribution < 1.29 is 19.1 Å². The number of aryl methyl sites for hydroxylation is 2. The number of benzene rings is 1. The third-order valence-corrected chi connectivity index (χ3v) is 5.34. The molecule has 1 atom stereocenters. The topological polar surface area (TPSA) is 79.9 Å². The van der Waals surface area contributed by atoms with Crippen LogP contribution in [0.25, 0.3) is 0 Å². The molecule has 1 heterocycles. The monoisotopic (exact) mass is 419 g/mol. The first-order chi connectivity index (χ1) is 14.1. The molecule has 1 aromatic rings. The van der Waals surface area contributed by atoms with Crippen LogP contribution >= 0.6 is 0 Å². The van der Waals surface area contributed by atoms with Crippen LogP contribution in [0.3, 0.4) is 0 Å². The Labute approximate surface area is 180 Å². The molecule has 1 fully saturated rings. The van der Waals surface area contributed by atoms with Crippen molar-refractivity contribution in [2.75, 3.05) is 26.7 Å². The first-order valence-electron chi connectivity index (χ1n) is 10.7. The summed E-state index contributed by atoms with van der Waals surface area (Å²) in [7, 11) is 1.36. The van der Waals surface area contributed by atoms with Crippen molar-refractivity contribution in [2.24, 2.45) is 0 Å². The normalized spacial score (nSPS) is 16.7. The molecule has 0 spiro atoms. The van der Waals surface area contributed by atoms with Gasteiger partial charge in [0.05, 0.1) is 7.11 Å². The first kappa shape index (κ1) is 24.2. The lowest BCUT2D eigenvalue weighted by atomic mass is 10.0. The second-order valence-corrected chi connectivity index (χ2v) is 9.09. The fourth-order valence-electron chi connectivity index (χ4n) is 3.55. The van der Waals surface area contributed by atoms with Crippen LogP contribution in [0.1, 0.15) is 50.3 Å². The Kier molecular flexibility index (Phi) is 8.67. The van der Waals surface area contributed by atoms with Gasteiger partial charge in [0.1, 0.15) is 11.6 Å². The molecule has 0 aromatic heterocycles. The molecule has 0 aliphatic carbocycles. The maximum Gasteiger partial charge on any atom is 0.407 e. The van der Waals surface area contributed by atoms with E-state index < -0.39 is 17.7 Å². The summed E-state index contributed by atoms with van der Waals surface area (Å²) in [6.07, 6.45) is 1.33. The van der Waals surface area contributed by atoms with Gasteiger partial charge in [-0.2, -0.15) is 0 Å². The van der Waals surface area contributed by atoms with Crippen LogP contribution in [0.4, 0.5) is 4.79 Å². The molecule has 1 aromatic carbocycles. The molecular weight excluding hydrogens is 382 g/mol. The number of alkyl carbamates (subject to hydrolysis) is 1. The number of esters is 1. The number of amides is 1. The maximum atomic E-state index is 12.2. The number of ether oxygens (including phenoxy) is 2. The van der Waals surface area contributed by atoms with E-state index in [-0.39, 0.29) is 18.6 Å². The number of methoxy groups -OCH3 is 1. The van der Waals surface area contributed by atoms with E-state index in [4.69, 9.17) is 9.47 Å². The second-order valence-electron chi connectivity index (χ2n) is 9.09. The van der Waals surface area contributed by atoms with Gasteiger partial charge in [-0.3, -0.25) is 9.69 Å². The molecule has 168 valence electrons. The average Bonchev–Trinajstić information content (AvgIpc) is 2.67. The number of nitrogens with one attached hydrogen (secondary N) is 2. The van der Waals surface area contributed by atoms with E-state index in [1.807, 2.05) is 0 Å². The molecule has 0 saturated carbocycles. The summed E-state index contributed by atoms with van der Waals surface area (Å²) in [5.74, 6) is -0.386. The second kappa shape index (κ2) is 10.8. The van der Waals surface area contributed by atoms with Gasteiger partial charge in [0.15, 0.2) is 0 Å². The highest BCUT2D eigenvalue weighted by Crippen LogP contribution is 2.17. The zero-order valence-corrected chi connectivity index (χ0v) is 19.2. The van der Waals surface area contributed by atoms with Crippen LogP contribution in [0.15, 0.2) is 18.2 Å². The molecule has 1 amide bonds. The summed E-state index contributed by atoms with van der Waals surface area (Å²) in [5, 5.41) is 6.01. The lowest BCUT2D eigenvalue weighted by Gasteiger charge is -2.34. The minimum atomic E-state index is -0.598. The third-order valence-electron chi connectivity index (χ3n) is 5.34. The highest BCUT2D eigenvalue weighted by molar-refractivity contribution is 5.77. The van der Waals surface area contributed by atoms with Gasteiger partial charge < -0.3 is 20.1 Å². The minimum absolute atomic E-state index is 0.129. The van der Waals surface area contributed by atoms with E-state index in [1.54, 1.807) is 20.8 Å². The Bertz CT molecular complexity index is 722. The number of carbonyl (C=O) groups is 2. The number of carbonyl (C=O) groups excluding carboxylic acids is 2. The van der Waals surface area contributed by atoms with Crippen LogP contribution in [0.2, 0.25) is 0 Å². The fourth-order valence-corrected chi connectivity index (χ4v) is 3.55. The zero-order chi connectivity index (χ0) is 22.3. The molecule has 7 nitrogen and oxygen atoms in total. The van der Waals surface area contributed by atoms with Crippen LogP contribution in [-0.4, -0.2) is 61.4 Å². The fraction of sp³-hybridized carbons (Fsp3) is 0.652. The van der Waals surface area contributed by atoms with Gasteiger partial charge in [-0.1, -0.05) is 18.2 Å². The molecule has 30 heavy (non-hydrogen) atoms. The van der Waals surface area contributed by atoms with Gasteiger partial charge in [-0.25, -0.2) is 4.79 Å². The Balaban J connectivity index is 1.82. The molecule has 7 heteroatoms. The Morgan fingerprint density at radius 1 is 1.17 bits per heavy atom. The Morgan fingerprint density at radius 2 is 1.83 bits per heavy atom. The lowest BCUT2D eigenvalue weighted by molar-refractivity contribution is -0.143.